The SMILES string of the molecule is O=[N+]([O-])c1ccc2nc(-c3ccc(OC4CCCCC4)cc3)cn2c1. The minimum atomic E-state index is -0.406. The molecule has 6 heteroatoms. The van der Waals surface area contributed by atoms with Crippen LogP contribution in [-0.4, -0.2) is 20.4 Å². The van der Waals surface area contributed by atoms with Gasteiger partial charge in [0, 0.05) is 17.8 Å². The zero-order valence-electron chi connectivity index (χ0n) is 13.8. The Morgan fingerprint density at radius 2 is 1.80 bits per heavy atom. The van der Waals surface area contributed by atoms with E-state index >= 15 is 0 Å². The van der Waals surface area contributed by atoms with Gasteiger partial charge in [0.2, 0.25) is 0 Å². The molecule has 128 valence electrons. The Morgan fingerprint density at radius 3 is 2.52 bits per heavy atom. The fraction of sp³-hybridized carbons (Fsp3) is 0.316. The van der Waals surface area contributed by atoms with Crippen LogP contribution in [0.5, 0.6) is 5.75 Å². The molecule has 1 aliphatic carbocycles. The molecule has 6 nitrogen and oxygen atoms in total. The first-order chi connectivity index (χ1) is 12.2. The molecule has 0 amide bonds. The maximum absolute atomic E-state index is 10.9. The first kappa shape index (κ1) is 15.6. The second-order valence-electron chi connectivity index (χ2n) is 6.44. The lowest BCUT2D eigenvalue weighted by Crippen LogP contribution is -2.19. The summed E-state index contributed by atoms with van der Waals surface area (Å²) < 4.78 is 7.73. The number of nitro groups is 1. The number of hydrogen-bond donors (Lipinski definition) is 0. The lowest BCUT2D eigenvalue weighted by molar-refractivity contribution is -0.385. The normalized spacial score (nSPS) is 15.4. The van der Waals surface area contributed by atoms with Crippen LogP contribution >= 0.6 is 0 Å². The minimum Gasteiger partial charge on any atom is -0.490 e. The van der Waals surface area contributed by atoms with Crippen LogP contribution in [-0.2, 0) is 0 Å². The van der Waals surface area contributed by atoms with Crippen molar-refractivity contribution in [3.8, 4) is 17.0 Å². The van der Waals surface area contributed by atoms with E-state index in [9.17, 15) is 10.1 Å². The number of aromatic nitrogens is 2. The summed E-state index contributed by atoms with van der Waals surface area (Å²) in [6.45, 7) is 0. The van der Waals surface area contributed by atoms with Crippen molar-refractivity contribution in [3.05, 3.63) is 58.9 Å². The second kappa shape index (κ2) is 6.55. The Labute approximate surface area is 145 Å². The quantitative estimate of drug-likeness (QED) is 0.514. The average molecular weight is 337 g/mol. The summed E-state index contributed by atoms with van der Waals surface area (Å²) in [4.78, 5) is 15.0. The molecule has 0 saturated heterocycles. The van der Waals surface area contributed by atoms with Crippen molar-refractivity contribution in [2.45, 2.75) is 38.2 Å². The van der Waals surface area contributed by atoms with Crippen molar-refractivity contribution >= 4 is 11.3 Å². The largest absolute Gasteiger partial charge is 0.490 e. The van der Waals surface area contributed by atoms with E-state index < -0.39 is 4.92 Å². The molecule has 0 N–H and O–H groups in total. The van der Waals surface area contributed by atoms with Gasteiger partial charge >= 0.3 is 0 Å². The highest BCUT2D eigenvalue weighted by Gasteiger charge is 2.15. The van der Waals surface area contributed by atoms with E-state index in [2.05, 4.69) is 4.98 Å². The van der Waals surface area contributed by atoms with Gasteiger partial charge in [-0.15, -0.1) is 0 Å². The summed E-state index contributed by atoms with van der Waals surface area (Å²) in [5.74, 6) is 0.884. The number of hydrogen-bond acceptors (Lipinski definition) is 4. The summed E-state index contributed by atoms with van der Waals surface area (Å²) in [5.41, 5.74) is 2.47. The topological polar surface area (TPSA) is 69.7 Å². The lowest BCUT2D eigenvalue weighted by Gasteiger charge is -2.23. The summed E-state index contributed by atoms with van der Waals surface area (Å²) in [6, 6.07) is 11.0. The van der Waals surface area contributed by atoms with E-state index in [0.29, 0.717) is 11.8 Å². The number of imidazole rings is 1. The molecule has 25 heavy (non-hydrogen) atoms. The number of pyridine rings is 1. The molecule has 0 spiro atoms. The van der Waals surface area contributed by atoms with Crippen LogP contribution in [0.2, 0.25) is 0 Å². The molecule has 2 aromatic heterocycles. The number of benzene rings is 1. The van der Waals surface area contributed by atoms with Gasteiger partial charge in [0.15, 0.2) is 0 Å². The molecule has 0 atom stereocenters. The van der Waals surface area contributed by atoms with Crippen LogP contribution < -0.4 is 4.74 Å². The van der Waals surface area contributed by atoms with Gasteiger partial charge in [-0.1, -0.05) is 6.42 Å². The zero-order chi connectivity index (χ0) is 17.2. The van der Waals surface area contributed by atoms with Gasteiger partial charge in [-0.3, -0.25) is 14.5 Å². The molecule has 3 aromatic rings. The monoisotopic (exact) mass is 337 g/mol. The van der Waals surface area contributed by atoms with E-state index in [4.69, 9.17) is 4.74 Å². The molecule has 1 aromatic carbocycles. The standard InChI is InChI=1S/C19H19N3O3/c23-22(24)15-8-11-19-20-18(13-21(19)12-15)14-6-9-17(10-7-14)25-16-4-2-1-3-5-16/h6-13,16H,1-5H2. The molecular weight excluding hydrogens is 318 g/mol. The number of ether oxygens (including phenoxy) is 1. The van der Waals surface area contributed by atoms with Gasteiger partial charge in [0.05, 0.1) is 22.9 Å². The highest BCUT2D eigenvalue weighted by Crippen LogP contribution is 2.26. The minimum absolute atomic E-state index is 0.0488. The van der Waals surface area contributed by atoms with Crippen molar-refractivity contribution in [2.75, 3.05) is 0 Å². The van der Waals surface area contributed by atoms with E-state index in [-0.39, 0.29) is 5.69 Å². The zero-order valence-corrected chi connectivity index (χ0v) is 13.8. The predicted octanol–water partition coefficient (Wildman–Crippen LogP) is 4.62. The molecule has 1 aliphatic rings. The highest BCUT2D eigenvalue weighted by molar-refractivity contribution is 5.63. The third-order valence-electron chi connectivity index (χ3n) is 4.65. The molecular formula is C19H19N3O3. The Hall–Kier alpha value is -2.89. The Kier molecular flexibility index (Phi) is 4.09. The fourth-order valence-corrected chi connectivity index (χ4v) is 3.31. The van der Waals surface area contributed by atoms with Crippen molar-refractivity contribution in [3.63, 3.8) is 0 Å². The first-order valence-corrected chi connectivity index (χ1v) is 8.59. The number of nitrogens with zero attached hydrogens (tertiary/aromatic N) is 3. The van der Waals surface area contributed by atoms with Crippen molar-refractivity contribution in [1.82, 2.24) is 9.38 Å². The maximum atomic E-state index is 10.9. The lowest BCUT2D eigenvalue weighted by atomic mass is 9.98. The van der Waals surface area contributed by atoms with Gasteiger partial charge in [-0.25, -0.2) is 4.98 Å². The Morgan fingerprint density at radius 1 is 1.04 bits per heavy atom. The molecule has 0 bridgehead atoms. The van der Waals surface area contributed by atoms with E-state index in [1.54, 1.807) is 16.7 Å². The van der Waals surface area contributed by atoms with Crippen molar-refractivity contribution in [2.24, 2.45) is 0 Å². The Balaban J connectivity index is 1.55. The molecule has 0 radical (unpaired) electrons. The van der Waals surface area contributed by atoms with Crippen molar-refractivity contribution in [1.29, 1.82) is 0 Å². The first-order valence-electron chi connectivity index (χ1n) is 8.59. The number of rotatable bonds is 4. The molecule has 1 saturated carbocycles. The van der Waals surface area contributed by atoms with E-state index in [0.717, 1.165) is 29.8 Å². The second-order valence-corrected chi connectivity index (χ2v) is 6.44. The van der Waals surface area contributed by atoms with Gasteiger partial charge in [-0.2, -0.15) is 0 Å². The molecule has 1 fully saturated rings. The smallest absolute Gasteiger partial charge is 0.286 e. The summed E-state index contributed by atoms with van der Waals surface area (Å²) in [6.07, 6.45) is 9.68. The van der Waals surface area contributed by atoms with Gasteiger partial charge in [0.1, 0.15) is 11.4 Å². The molecule has 2 heterocycles. The summed E-state index contributed by atoms with van der Waals surface area (Å²) in [5, 5.41) is 10.9. The van der Waals surface area contributed by atoms with Gasteiger partial charge in [-0.05, 0) is 56.0 Å². The maximum Gasteiger partial charge on any atom is 0.286 e. The van der Waals surface area contributed by atoms with E-state index in [1.807, 2.05) is 24.3 Å². The summed E-state index contributed by atoms with van der Waals surface area (Å²) in [7, 11) is 0. The molecule has 0 aliphatic heterocycles. The van der Waals surface area contributed by atoms with Crippen LogP contribution in [0, 0.1) is 10.1 Å². The van der Waals surface area contributed by atoms with E-state index in [1.165, 1.54) is 31.5 Å². The van der Waals surface area contributed by atoms with Crippen LogP contribution in [0.25, 0.3) is 16.9 Å². The van der Waals surface area contributed by atoms with Gasteiger partial charge in [0.25, 0.3) is 5.69 Å². The van der Waals surface area contributed by atoms with Crippen LogP contribution in [0.4, 0.5) is 5.69 Å². The fourth-order valence-electron chi connectivity index (χ4n) is 3.31. The Bertz CT molecular complexity index is 896. The third kappa shape index (κ3) is 3.33. The average Bonchev–Trinajstić information content (AvgIpc) is 3.06. The van der Waals surface area contributed by atoms with Crippen molar-refractivity contribution < 1.29 is 9.66 Å². The van der Waals surface area contributed by atoms with Gasteiger partial charge < -0.3 is 4.74 Å². The molecule has 4 rings (SSSR count). The number of fused-ring (bicyclic) bond motifs is 1. The molecule has 0 unspecified atom stereocenters. The summed E-state index contributed by atoms with van der Waals surface area (Å²) >= 11 is 0. The predicted molar refractivity (Wildman–Crippen MR) is 94.8 cm³/mol. The third-order valence-corrected chi connectivity index (χ3v) is 4.65. The van der Waals surface area contributed by atoms with Crippen LogP contribution in [0.3, 0.4) is 0 Å². The highest BCUT2D eigenvalue weighted by atomic mass is 16.6. The van der Waals surface area contributed by atoms with Crippen LogP contribution in [0.15, 0.2) is 48.8 Å². The van der Waals surface area contributed by atoms with Crippen LogP contribution in [0.1, 0.15) is 32.1 Å².